The van der Waals surface area contributed by atoms with Crippen molar-refractivity contribution >= 4 is 11.6 Å². The van der Waals surface area contributed by atoms with E-state index in [1.807, 2.05) is 0 Å². The first kappa shape index (κ1) is 9.12. The number of hydrogen-bond acceptors (Lipinski definition) is 0. The summed E-state index contributed by atoms with van der Waals surface area (Å²) in [4.78, 5) is 0. The Labute approximate surface area is 74.6 Å². The molecule has 1 saturated carbocycles. The van der Waals surface area contributed by atoms with Gasteiger partial charge in [0.05, 0.1) is 0 Å². The van der Waals surface area contributed by atoms with Crippen LogP contribution in [-0.4, -0.2) is 0 Å². The number of hydrogen-bond donors (Lipinski definition) is 0. The fourth-order valence-electron chi connectivity index (χ4n) is 1.80. The van der Waals surface area contributed by atoms with E-state index in [0.29, 0.717) is 0 Å². The predicted molar refractivity (Wildman–Crippen MR) is 50.7 cm³/mol. The van der Waals surface area contributed by atoms with Crippen molar-refractivity contribution in [3.05, 3.63) is 11.1 Å². The van der Waals surface area contributed by atoms with Gasteiger partial charge in [-0.3, -0.25) is 0 Å². The summed E-state index contributed by atoms with van der Waals surface area (Å²) < 4.78 is 0. The summed E-state index contributed by atoms with van der Waals surface area (Å²) in [6, 6.07) is 0. The lowest BCUT2D eigenvalue weighted by atomic mass is 9.80. The molecule has 0 amide bonds. The van der Waals surface area contributed by atoms with Crippen molar-refractivity contribution in [2.75, 3.05) is 0 Å². The van der Waals surface area contributed by atoms with E-state index in [2.05, 4.69) is 13.8 Å². The summed E-state index contributed by atoms with van der Waals surface area (Å²) >= 11 is 5.66. The molecular weight excluding hydrogens is 156 g/mol. The third-order valence-electron chi connectivity index (χ3n) is 2.83. The van der Waals surface area contributed by atoms with E-state index in [9.17, 15) is 0 Å². The molecule has 11 heavy (non-hydrogen) atoms. The van der Waals surface area contributed by atoms with Gasteiger partial charge in [0.1, 0.15) is 0 Å². The second-order valence-electron chi connectivity index (χ2n) is 3.81. The summed E-state index contributed by atoms with van der Waals surface area (Å²) in [6.07, 6.45) is 5.45. The van der Waals surface area contributed by atoms with Gasteiger partial charge in [0, 0.05) is 5.54 Å². The minimum atomic E-state index is 0.781. The molecule has 0 bridgehead atoms. The van der Waals surface area contributed by atoms with E-state index >= 15 is 0 Å². The molecule has 0 aromatic heterocycles. The lowest BCUT2D eigenvalue weighted by molar-refractivity contribution is 0.320. The van der Waals surface area contributed by atoms with Gasteiger partial charge < -0.3 is 0 Å². The van der Waals surface area contributed by atoms with E-state index < -0.39 is 0 Å². The highest BCUT2D eigenvalue weighted by Crippen LogP contribution is 2.32. The average Bonchev–Trinajstić information content (AvgIpc) is 2.05. The predicted octanol–water partition coefficient (Wildman–Crippen LogP) is 3.96. The van der Waals surface area contributed by atoms with Crippen molar-refractivity contribution in [2.45, 2.75) is 39.5 Å². The van der Waals surface area contributed by atoms with Crippen LogP contribution in [0.25, 0.3) is 0 Å². The van der Waals surface area contributed by atoms with Crippen molar-refractivity contribution < 1.29 is 0 Å². The Balaban J connectivity index is 2.39. The molecule has 64 valence electrons. The molecule has 0 saturated heterocycles. The van der Waals surface area contributed by atoms with Crippen LogP contribution in [0.2, 0.25) is 0 Å². The maximum atomic E-state index is 5.66. The minimum absolute atomic E-state index is 0.781. The van der Waals surface area contributed by atoms with Gasteiger partial charge in [0.15, 0.2) is 0 Å². The van der Waals surface area contributed by atoms with Crippen LogP contribution in [0.5, 0.6) is 0 Å². The van der Waals surface area contributed by atoms with Crippen LogP contribution in [0.15, 0.2) is 11.1 Å². The summed E-state index contributed by atoms with van der Waals surface area (Å²) in [7, 11) is 0. The van der Waals surface area contributed by atoms with Gasteiger partial charge in [-0.15, -0.1) is 0 Å². The van der Waals surface area contributed by atoms with Crippen molar-refractivity contribution in [2.24, 2.45) is 11.8 Å². The Hall–Kier alpha value is 0.0300. The Kier molecular flexibility index (Phi) is 3.45. The number of halogens is 1. The van der Waals surface area contributed by atoms with Crippen LogP contribution in [0.3, 0.4) is 0 Å². The molecule has 1 aliphatic rings. The fourth-order valence-corrected chi connectivity index (χ4v) is 1.98. The first-order chi connectivity index (χ1) is 5.24. The molecule has 0 spiro atoms. The molecule has 0 atom stereocenters. The molecule has 0 N–H and O–H groups in total. The zero-order valence-corrected chi connectivity index (χ0v) is 8.19. The summed E-state index contributed by atoms with van der Waals surface area (Å²) in [5.74, 6) is 1.72. The van der Waals surface area contributed by atoms with Crippen LogP contribution in [0, 0.1) is 11.8 Å². The average molecular weight is 173 g/mol. The molecule has 0 radical (unpaired) electrons. The van der Waals surface area contributed by atoms with E-state index in [-0.39, 0.29) is 0 Å². The van der Waals surface area contributed by atoms with Crippen LogP contribution in [-0.2, 0) is 0 Å². The van der Waals surface area contributed by atoms with Gasteiger partial charge in [-0.2, -0.15) is 0 Å². The molecular formula is C10H17Cl. The Morgan fingerprint density at radius 1 is 1.27 bits per heavy atom. The van der Waals surface area contributed by atoms with E-state index in [4.69, 9.17) is 11.6 Å². The zero-order valence-electron chi connectivity index (χ0n) is 7.44. The normalized spacial score (nSPS) is 33.9. The van der Waals surface area contributed by atoms with E-state index in [0.717, 1.165) is 11.8 Å². The molecule has 0 aromatic carbocycles. The lowest BCUT2D eigenvalue weighted by Crippen LogP contribution is -2.12. The van der Waals surface area contributed by atoms with Crippen LogP contribution in [0.4, 0.5) is 0 Å². The smallest absolute Gasteiger partial charge is 0.00344 e. The first-order valence-corrected chi connectivity index (χ1v) is 4.94. The monoisotopic (exact) mass is 172 g/mol. The second kappa shape index (κ2) is 4.15. The molecule has 1 rings (SSSR count). The highest BCUT2D eigenvalue weighted by molar-refractivity contribution is 6.25. The standard InChI is InChI=1S/C10H17Cl/c1-8-3-5-10(6-4-8)9(2)7-11/h7-8,10H,3-6H2,1-2H3/b9-7+. The van der Waals surface area contributed by atoms with Crippen molar-refractivity contribution in [3.8, 4) is 0 Å². The molecule has 0 aromatic rings. The maximum Gasteiger partial charge on any atom is 0.00344 e. The van der Waals surface area contributed by atoms with Crippen molar-refractivity contribution in [1.82, 2.24) is 0 Å². The Bertz CT molecular complexity index is 141. The quantitative estimate of drug-likeness (QED) is 0.562. The van der Waals surface area contributed by atoms with Gasteiger partial charge >= 0.3 is 0 Å². The van der Waals surface area contributed by atoms with Gasteiger partial charge in [0.25, 0.3) is 0 Å². The first-order valence-electron chi connectivity index (χ1n) is 4.51. The number of allylic oxidation sites excluding steroid dienone is 1. The van der Waals surface area contributed by atoms with E-state index in [1.54, 1.807) is 5.54 Å². The molecule has 0 heterocycles. The van der Waals surface area contributed by atoms with Crippen molar-refractivity contribution in [1.29, 1.82) is 0 Å². The third kappa shape index (κ3) is 2.52. The van der Waals surface area contributed by atoms with Crippen LogP contribution in [0.1, 0.15) is 39.5 Å². The molecule has 0 unspecified atom stereocenters. The Morgan fingerprint density at radius 2 is 1.82 bits per heavy atom. The summed E-state index contributed by atoms with van der Waals surface area (Å²) in [5, 5.41) is 0. The summed E-state index contributed by atoms with van der Waals surface area (Å²) in [6.45, 7) is 4.49. The maximum absolute atomic E-state index is 5.66. The molecule has 1 heteroatoms. The third-order valence-corrected chi connectivity index (χ3v) is 3.18. The number of rotatable bonds is 1. The van der Waals surface area contributed by atoms with Gasteiger partial charge in [-0.1, -0.05) is 36.9 Å². The highest BCUT2D eigenvalue weighted by atomic mass is 35.5. The topological polar surface area (TPSA) is 0 Å². The summed E-state index contributed by atoms with van der Waals surface area (Å²) in [5.41, 5.74) is 3.12. The second-order valence-corrected chi connectivity index (χ2v) is 4.03. The minimum Gasteiger partial charge on any atom is -0.0930 e. The van der Waals surface area contributed by atoms with E-state index in [1.165, 1.54) is 31.3 Å². The highest BCUT2D eigenvalue weighted by Gasteiger charge is 2.18. The molecule has 0 aliphatic heterocycles. The molecule has 0 nitrogen and oxygen atoms in total. The Morgan fingerprint density at radius 3 is 2.27 bits per heavy atom. The zero-order chi connectivity index (χ0) is 8.27. The lowest BCUT2D eigenvalue weighted by Gasteiger charge is -2.26. The SMILES string of the molecule is C/C(=C\Cl)C1CCC(C)CC1. The molecule has 1 aliphatic carbocycles. The van der Waals surface area contributed by atoms with Crippen LogP contribution < -0.4 is 0 Å². The van der Waals surface area contributed by atoms with Gasteiger partial charge in [-0.05, 0) is 31.6 Å². The molecule has 1 fully saturated rings. The van der Waals surface area contributed by atoms with Gasteiger partial charge in [0.2, 0.25) is 0 Å². The largest absolute Gasteiger partial charge is 0.0930 e. The fraction of sp³-hybridized carbons (Fsp3) is 0.800. The van der Waals surface area contributed by atoms with Gasteiger partial charge in [-0.25, -0.2) is 0 Å². The van der Waals surface area contributed by atoms with Crippen LogP contribution >= 0.6 is 11.6 Å². The van der Waals surface area contributed by atoms with Crippen molar-refractivity contribution in [3.63, 3.8) is 0 Å².